The van der Waals surface area contributed by atoms with E-state index in [0.29, 0.717) is 5.56 Å². The highest BCUT2D eigenvalue weighted by Gasteiger charge is 2.36. The van der Waals surface area contributed by atoms with E-state index in [-0.39, 0.29) is 5.78 Å². The van der Waals surface area contributed by atoms with Crippen LogP contribution in [0, 0.1) is 11.8 Å². The first kappa shape index (κ1) is 10.8. The van der Waals surface area contributed by atoms with Crippen LogP contribution in [0.1, 0.15) is 36.5 Å². The minimum atomic E-state index is 0.0855. The highest BCUT2D eigenvalue weighted by atomic mass is 16.1. The second-order valence-electron chi connectivity index (χ2n) is 5.32. The fourth-order valence-corrected chi connectivity index (χ4v) is 3.20. The van der Waals surface area contributed by atoms with Crippen molar-refractivity contribution in [2.24, 2.45) is 11.8 Å². The summed E-state index contributed by atoms with van der Waals surface area (Å²) in [6, 6.07) is 3.87. The van der Waals surface area contributed by atoms with Crippen molar-refractivity contribution in [3.8, 4) is 0 Å². The minimum Gasteiger partial charge on any atom is -0.356 e. The van der Waals surface area contributed by atoms with Gasteiger partial charge in [0.25, 0.3) is 0 Å². The van der Waals surface area contributed by atoms with E-state index in [1.807, 2.05) is 12.1 Å². The van der Waals surface area contributed by atoms with Crippen LogP contribution in [-0.2, 0) is 0 Å². The topological polar surface area (TPSA) is 33.2 Å². The molecule has 1 saturated carbocycles. The van der Waals surface area contributed by atoms with Crippen LogP contribution in [0.25, 0.3) is 0 Å². The molecule has 0 aromatic carbocycles. The summed E-state index contributed by atoms with van der Waals surface area (Å²) in [5.41, 5.74) is 0.702. The number of hydrogen-bond donors (Lipinski definition) is 0. The molecule has 90 valence electrons. The number of hydrogen-bond acceptors (Lipinski definition) is 3. The Balaban J connectivity index is 1.75. The van der Waals surface area contributed by atoms with Crippen molar-refractivity contribution < 1.29 is 4.79 Å². The predicted octanol–water partition coefficient (Wildman–Crippen LogP) is 2.52. The van der Waals surface area contributed by atoms with Crippen LogP contribution in [0.15, 0.2) is 18.3 Å². The van der Waals surface area contributed by atoms with Crippen molar-refractivity contribution in [3.63, 3.8) is 0 Å². The number of ketones is 1. The SMILES string of the molecule is CC(=O)c1ccc(N2CC3CCCC3C2)nc1. The average molecular weight is 230 g/mol. The molecule has 1 aliphatic carbocycles. The molecule has 0 spiro atoms. The largest absolute Gasteiger partial charge is 0.356 e. The number of pyridine rings is 1. The van der Waals surface area contributed by atoms with Crippen LogP contribution in [-0.4, -0.2) is 23.9 Å². The van der Waals surface area contributed by atoms with E-state index < -0.39 is 0 Å². The summed E-state index contributed by atoms with van der Waals surface area (Å²) in [5.74, 6) is 2.88. The van der Waals surface area contributed by atoms with Gasteiger partial charge in [-0.3, -0.25) is 4.79 Å². The number of carbonyl (C=O) groups is 1. The molecule has 2 aliphatic rings. The number of carbonyl (C=O) groups excluding carboxylic acids is 1. The quantitative estimate of drug-likeness (QED) is 0.732. The molecule has 17 heavy (non-hydrogen) atoms. The summed E-state index contributed by atoms with van der Waals surface area (Å²) < 4.78 is 0. The highest BCUT2D eigenvalue weighted by Crippen LogP contribution is 2.38. The molecular weight excluding hydrogens is 212 g/mol. The van der Waals surface area contributed by atoms with Crippen LogP contribution in [0.4, 0.5) is 5.82 Å². The first-order valence-corrected chi connectivity index (χ1v) is 6.46. The molecule has 0 radical (unpaired) electrons. The van der Waals surface area contributed by atoms with E-state index in [1.165, 1.54) is 19.3 Å². The normalized spacial score (nSPS) is 27.2. The monoisotopic (exact) mass is 230 g/mol. The molecular formula is C14H18N2O. The van der Waals surface area contributed by atoms with Gasteiger partial charge in [-0.2, -0.15) is 0 Å². The third-order valence-electron chi connectivity index (χ3n) is 4.20. The van der Waals surface area contributed by atoms with E-state index in [4.69, 9.17) is 0 Å². The molecule has 3 rings (SSSR count). The first-order chi connectivity index (χ1) is 8.24. The third-order valence-corrected chi connectivity index (χ3v) is 4.20. The van der Waals surface area contributed by atoms with Gasteiger partial charge in [0.1, 0.15) is 5.82 Å². The fourth-order valence-electron chi connectivity index (χ4n) is 3.20. The molecule has 2 unspecified atom stereocenters. The van der Waals surface area contributed by atoms with Crippen molar-refractivity contribution in [1.29, 1.82) is 0 Å². The molecule has 3 nitrogen and oxygen atoms in total. The maximum atomic E-state index is 11.2. The Labute approximate surface area is 102 Å². The lowest BCUT2D eigenvalue weighted by Gasteiger charge is -2.18. The lowest BCUT2D eigenvalue weighted by molar-refractivity contribution is 0.101. The Morgan fingerprint density at radius 3 is 2.53 bits per heavy atom. The zero-order valence-electron chi connectivity index (χ0n) is 10.2. The van der Waals surface area contributed by atoms with Crippen LogP contribution < -0.4 is 4.90 Å². The van der Waals surface area contributed by atoms with Crippen molar-refractivity contribution in [1.82, 2.24) is 4.98 Å². The molecule has 1 saturated heterocycles. The van der Waals surface area contributed by atoms with E-state index in [0.717, 1.165) is 30.7 Å². The summed E-state index contributed by atoms with van der Waals surface area (Å²) in [5, 5.41) is 0. The maximum absolute atomic E-state index is 11.2. The Morgan fingerprint density at radius 2 is 2.00 bits per heavy atom. The third kappa shape index (κ3) is 1.94. The van der Waals surface area contributed by atoms with Crippen molar-refractivity contribution in [2.75, 3.05) is 18.0 Å². The average Bonchev–Trinajstić information content (AvgIpc) is 2.89. The first-order valence-electron chi connectivity index (χ1n) is 6.46. The van der Waals surface area contributed by atoms with Gasteiger partial charge in [0.2, 0.25) is 0 Å². The Hall–Kier alpha value is -1.38. The zero-order chi connectivity index (χ0) is 11.8. The number of nitrogens with zero attached hydrogens (tertiary/aromatic N) is 2. The second-order valence-corrected chi connectivity index (χ2v) is 5.32. The second kappa shape index (κ2) is 4.13. The van der Waals surface area contributed by atoms with Crippen LogP contribution >= 0.6 is 0 Å². The summed E-state index contributed by atoms with van der Waals surface area (Å²) in [6.07, 6.45) is 5.87. The Morgan fingerprint density at radius 1 is 1.29 bits per heavy atom. The molecule has 0 amide bonds. The van der Waals surface area contributed by atoms with Crippen molar-refractivity contribution in [2.45, 2.75) is 26.2 Å². The number of anilines is 1. The number of rotatable bonds is 2. The Bertz CT molecular complexity index is 414. The smallest absolute Gasteiger partial charge is 0.161 e. The fraction of sp³-hybridized carbons (Fsp3) is 0.571. The molecule has 1 aromatic rings. The van der Waals surface area contributed by atoms with Crippen LogP contribution in [0.2, 0.25) is 0 Å². The summed E-state index contributed by atoms with van der Waals surface area (Å²) >= 11 is 0. The molecule has 2 atom stereocenters. The number of Topliss-reactive ketones (excluding diaryl/α,β-unsaturated/α-hetero) is 1. The highest BCUT2D eigenvalue weighted by molar-refractivity contribution is 5.93. The van der Waals surface area contributed by atoms with Crippen LogP contribution in [0.5, 0.6) is 0 Å². The van der Waals surface area contributed by atoms with Gasteiger partial charge in [0.15, 0.2) is 5.78 Å². The molecule has 1 aliphatic heterocycles. The Kier molecular flexibility index (Phi) is 2.61. The standard InChI is InChI=1S/C14H18N2O/c1-10(17)11-5-6-14(15-7-11)16-8-12-3-2-4-13(12)9-16/h5-7,12-13H,2-4,8-9H2,1H3. The summed E-state index contributed by atoms with van der Waals surface area (Å²) in [7, 11) is 0. The lowest BCUT2D eigenvalue weighted by Crippen LogP contribution is -2.21. The van der Waals surface area contributed by atoms with Crippen molar-refractivity contribution >= 4 is 11.6 Å². The van der Waals surface area contributed by atoms with E-state index in [9.17, 15) is 4.79 Å². The lowest BCUT2D eigenvalue weighted by atomic mass is 10.0. The van der Waals surface area contributed by atoms with Crippen molar-refractivity contribution in [3.05, 3.63) is 23.9 Å². The van der Waals surface area contributed by atoms with Gasteiger partial charge < -0.3 is 4.90 Å². The van der Waals surface area contributed by atoms with E-state index >= 15 is 0 Å². The number of fused-ring (bicyclic) bond motifs is 1. The minimum absolute atomic E-state index is 0.0855. The van der Waals surface area contributed by atoms with Gasteiger partial charge in [-0.1, -0.05) is 6.42 Å². The molecule has 2 fully saturated rings. The van der Waals surface area contributed by atoms with Gasteiger partial charge in [0, 0.05) is 24.8 Å². The number of aromatic nitrogens is 1. The van der Waals surface area contributed by atoms with E-state index in [2.05, 4.69) is 9.88 Å². The van der Waals surface area contributed by atoms with Gasteiger partial charge in [-0.15, -0.1) is 0 Å². The molecule has 2 heterocycles. The zero-order valence-corrected chi connectivity index (χ0v) is 10.2. The van der Waals surface area contributed by atoms with Crippen LogP contribution in [0.3, 0.4) is 0 Å². The predicted molar refractivity (Wildman–Crippen MR) is 67.3 cm³/mol. The maximum Gasteiger partial charge on any atom is 0.161 e. The van der Waals surface area contributed by atoms with Gasteiger partial charge in [-0.05, 0) is 43.7 Å². The molecule has 1 aromatic heterocycles. The van der Waals surface area contributed by atoms with Gasteiger partial charge in [0.05, 0.1) is 0 Å². The molecule has 0 N–H and O–H groups in total. The summed E-state index contributed by atoms with van der Waals surface area (Å²) in [6.45, 7) is 3.88. The molecule has 0 bridgehead atoms. The van der Waals surface area contributed by atoms with Gasteiger partial charge in [-0.25, -0.2) is 4.98 Å². The van der Waals surface area contributed by atoms with E-state index in [1.54, 1.807) is 13.1 Å². The summed E-state index contributed by atoms with van der Waals surface area (Å²) in [4.78, 5) is 18.0. The molecule has 3 heteroatoms. The van der Waals surface area contributed by atoms with Gasteiger partial charge >= 0.3 is 0 Å².